The van der Waals surface area contributed by atoms with Crippen LogP contribution in [0, 0.1) is 0 Å². The number of likely N-dealkylation sites (N-methyl/N-ethyl adjacent to an activating group) is 1. The number of aromatic nitrogens is 1. The predicted octanol–water partition coefficient (Wildman–Crippen LogP) is 0.981. The lowest BCUT2D eigenvalue weighted by Crippen LogP contribution is -2.37. The Kier molecular flexibility index (Phi) is 5.56. The standard InChI is InChI=1S/C16H27N3O2/c1-12(2)17-10-13-9-14-11-18(3)6-5-15(14)19(16(13)20)7-8-21-4/h9,12,17H,5-8,10-11H2,1-4H3. The SMILES string of the molecule is COCCn1c2c(cc(CNC(C)C)c1=O)CN(C)CC2. The lowest BCUT2D eigenvalue weighted by atomic mass is 10.0. The van der Waals surface area contributed by atoms with Crippen LogP contribution in [0.4, 0.5) is 0 Å². The summed E-state index contributed by atoms with van der Waals surface area (Å²) in [5.74, 6) is 0. The molecule has 2 rings (SSSR count). The summed E-state index contributed by atoms with van der Waals surface area (Å²) in [6.45, 7) is 7.94. The van der Waals surface area contributed by atoms with Crippen LogP contribution in [0.2, 0.25) is 0 Å². The molecule has 0 spiro atoms. The van der Waals surface area contributed by atoms with Gasteiger partial charge in [-0.2, -0.15) is 0 Å². The van der Waals surface area contributed by atoms with E-state index in [1.165, 1.54) is 11.3 Å². The largest absolute Gasteiger partial charge is 0.383 e. The second kappa shape index (κ2) is 7.20. The van der Waals surface area contributed by atoms with Gasteiger partial charge in [0.15, 0.2) is 0 Å². The fourth-order valence-electron chi connectivity index (χ4n) is 2.78. The van der Waals surface area contributed by atoms with E-state index in [0.717, 1.165) is 25.1 Å². The summed E-state index contributed by atoms with van der Waals surface area (Å²) in [6.07, 6.45) is 0.933. The average Bonchev–Trinajstić information content (AvgIpc) is 2.44. The summed E-state index contributed by atoms with van der Waals surface area (Å²) >= 11 is 0. The van der Waals surface area contributed by atoms with Gasteiger partial charge in [-0.3, -0.25) is 4.79 Å². The highest BCUT2D eigenvalue weighted by Crippen LogP contribution is 2.17. The molecule has 118 valence electrons. The molecule has 0 unspecified atom stereocenters. The molecule has 2 heterocycles. The number of ether oxygens (including phenoxy) is 1. The van der Waals surface area contributed by atoms with Crippen molar-refractivity contribution in [3.05, 3.63) is 33.2 Å². The van der Waals surface area contributed by atoms with Gasteiger partial charge >= 0.3 is 0 Å². The minimum atomic E-state index is 0.128. The minimum absolute atomic E-state index is 0.128. The zero-order valence-corrected chi connectivity index (χ0v) is 13.6. The zero-order valence-electron chi connectivity index (χ0n) is 13.6. The molecule has 0 saturated carbocycles. The van der Waals surface area contributed by atoms with E-state index < -0.39 is 0 Å². The summed E-state index contributed by atoms with van der Waals surface area (Å²) < 4.78 is 7.09. The van der Waals surface area contributed by atoms with Crippen LogP contribution in [0.15, 0.2) is 10.9 Å². The highest BCUT2D eigenvalue weighted by atomic mass is 16.5. The van der Waals surface area contributed by atoms with E-state index in [0.29, 0.717) is 25.7 Å². The molecular weight excluding hydrogens is 266 g/mol. The van der Waals surface area contributed by atoms with Gasteiger partial charge in [-0.1, -0.05) is 13.8 Å². The van der Waals surface area contributed by atoms with Crippen LogP contribution in [0.25, 0.3) is 0 Å². The second-order valence-electron chi connectivity index (χ2n) is 6.11. The van der Waals surface area contributed by atoms with Crippen molar-refractivity contribution in [1.29, 1.82) is 0 Å². The van der Waals surface area contributed by atoms with Crippen molar-refractivity contribution in [2.75, 3.05) is 27.3 Å². The Hall–Kier alpha value is -1.17. The van der Waals surface area contributed by atoms with Crippen molar-refractivity contribution in [1.82, 2.24) is 14.8 Å². The quantitative estimate of drug-likeness (QED) is 0.849. The van der Waals surface area contributed by atoms with Gasteiger partial charge in [0, 0.05) is 57.0 Å². The zero-order chi connectivity index (χ0) is 15.4. The van der Waals surface area contributed by atoms with Gasteiger partial charge in [-0.15, -0.1) is 0 Å². The Morgan fingerprint density at radius 1 is 1.43 bits per heavy atom. The maximum atomic E-state index is 12.7. The summed E-state index contributed by atoms with van der Waals surface area (Å²) in [4.78, 5) is 15.0. The Bertz CT molecular complexity index is 537. The number of methoxy groups -OCH3 is 1. The van der Waals surface area contributed by atoms with Crippen LogP contribution in [-0.2, 0) is 30.8 Å². The van der Waals surface area contributed by atoms with E-state index in [9.17, 15) is 4.79 Å². The summed E-state index contributed by atoms with van der Waals surface area (Å²) in [5.41, 5.74) is 3.45. The molecule has 1 aliphatic rings. The number of hydrogen-bond donors (Lipinski definition) is 1. The van der Waals surface area contributed by atoms with Crippen molar-refractivity contribution in [2.24, 2.45) is 0 Å². The van der Waals surface area contributed by atoms with Crippen molar-refractivity contribution in [2.45, 2.75) is 45.9 Å². The van der Waals surface area contributed by atoms with E-state index in [4.69, 9.17) is 4.74 Å². The molecule has 0 saturated heterocycles. The van der Waals surface area contributed by atoms with E-state index in [2.05, 4.69) is 37.2 Å². The average molecular weight is 293 g/mol. The summed E-state index contributed by atoms with van der Waals surface area (Å²) in [6, 6.07) is 2.46. The predicted molar refractivity (Wildman–Crippen MR) is 84.6 cm³/mol. The topological polar surface area (TPSA) is 46.5 Å². The third-order valence-corrected chi connectivity index (χ3v) is 3.96. The normalized spacial score (nSPS) is 15.5. The molecule has 0 bridgehead atoms. The monoisotopic (exact) mass is 293 g/mol. The van der Waals surface area contributed by atoms with Crippen LogP contribution in [0.3, 0.4) is 0 Å². The first-order valence-corrected chi connectivity index (χ1v) is 7.68. The van der Waals surface area contributed by atoms with Gasteiger partial charge in [-0.25, -0.2) is 0 Å². The molecule has 0 aromatic carbocycles. The molecule has 0 aliphatic carbocycles. The van der Waals surface area contributed by atoms with Crippen LogP contribution >= 0.6 is 0 Å². The molecule has 0 amide bonds. The minimum Gasteiger partial charge on any atom is -0.383 e. The van der Waals surface area contributed by atoms with E-state index in [1.807, 2.05) is 4.57 Å². The first-order valence-electron chi connectivity index (χ1n) is 7.68. The van der Waals surface area contributed by atoms with Gasteiger partial charge in [-0.05, 0) is 18.7 Å². The number of hydrogen-bond acceptors (Lipinski definition) is 4. The Labute approximate surface area is 126 Å². The second-order valence-corrected chi connectivity index (χ2v) is 6.11. The van der Waals surface area contributed by atoms with Gasteiger partial charge in [0.1, 0.15) is 0 Å². The van der Waals surface area contributed by atoms with Crippen LogP contribution in [0.5, 0.6) is 0 Å². The molecule has 5 nitrogen and oxygen atoms in total. The first-order chi connectivity index (χ1) is 10.0. The molecule has 1 N–H and O–H groups in total. The van der Waals surface area contributed by atoms with Gasteiger partial charge in [0.25, 0.3) is 5.56 Å². The molecule has 0 atom stereocenters. The van der Waals surface area contributed by atoms with Gasteiger partial charge < -0.3 is 19.5 Å². The Morgan fingerprint density at radius 3 is 2.86 bits per heavy atom. The summed E-state index contributed by atoms with van der Waals surface area (Å²) in [7, 11) is 3.80. The fraction of sp³-hybridized carbons (Fsp3) is 0.688. The Balaban J connectivity index is 2.38. The molecular formula is C16H27N3O2. The van der Waals surface area contributed by atoms with Gasteiger partial charge in [0.05, 0.1) is 6.61 Å². The highest BCUT2D eigenvalue weighted by Gasteiger charge is 2.19. The molecule has 1 aromatic heterocycles. The smallest absolute Gasteiger partial charge is 0.255 e. The van der Waals surface area contributed by atoms with Crippen molar-refractivity contribution >= 4 is 0 Å². The lowest BCUT2D eigenvalue weighted by Gasteiger charge is -2.28. The molecule has 0 radical (unpaired) electrons. The van der Waals surface area contributed by atoms with E-state index in [-0.39, 0.29) is 5.56 Å². The molecule has 0 fully saturated rings. The maximum Gasteiger partial charge on any atom is 0.255 e. The number of fused-ring (bicyclic) bond motifs is 1. The van der Waals surface area contributed by atoms with Crippen molar-refractivity contribution in [3.63, 3.8) is 0 Å². The van der Waals surface area contributed by atoms with Crippen molar-refractivity contribution < 1.29 is 4.74 Å². The summed E-state index contributed by atoms with van der Waals surface area (Å²) in [5, 5.41) is 3.35. The third-order valence-electron chi connectivity index (χ3n) is 3.96. The fourth-order valence-corrected chi connectivity index (χ4v) is 2.78. The molecule has 21 heavy (non-hydrogen) atoms. The lowest BCUT2D eigenvalue weighted by molar-refractivity contribution is 0.183. The maximum absolute atomic E-state index is 12.7. The van der Waals surface area contributed by atoms with E-state index in [1.54, 1.807) is 7.11 Å². The highest BCUT2D eigenvalue weighted by molar-refractivity contribution is 5.29. The molecule has 5 heteroatoms. The number of nitrogens with zero attached hydrogens (tertiary/aromatic N) is 2. The van der Waals surface area contributed by atoms with Crippen LogP contribution in [-0.4, -0.2) is 42.8 Å². The first kappa shape index (κ1) is 16.2. The van der Waals surface area contributed by atoms with Crippen LogP contribution < -0.4 is 10.9 Å². The molecule has 1 aliphatic heterocycles. The van der Waals surface area contributed by atoms with E-state index >= 15 is 0 Å². The van der Waals surface area contributed by atoms with Gasteiger partial charge in [0.2, 0.25) is 0 Å². The third kappa shape index (κ3) is 3.93. The number of pyridine rings is 1. The number of rotatable bonds is 6. The Morgan fingerprint density at radius 2 is 2.19 bits per heavy atom. The number of nitrogens with one attached hydrogen (secondary N) is 1. The van der Waals surface area contributed by atoms with Crippen LogP contribution in [0.1, 0.15) is 30.7 Å². The molecule has 1 aromatic rings. The van der Waals surface area contributed by atoms with Crippen molar-refractivity contribution in [3.8, 4) is 0 Å².